The van der Waals surface area contributed by atoms with Crippen LogP contribution >= 0.6 is 11.3 Å². The van der Waals surface area contributed by atoms with Crippen LogP contribution in [-0.4, -0.2) is 48.0 Å². The molecule has 2 heterocycles. The Morgan fingerprint density at radius 3 is 2.95 bits per heavy atom. The Balaban J connectivity index is 1.57. The Labute approximate surface area is 122 Å². The second kappa shape index (κ2) is 5.57. The van der Waals surface area contributed by atoms with Crippen LogP contribution in [0.2, 0.25) is 0 Å². The zero-order valence-corrected chi connectivity index (χ0v) is 12.5. The molecule has 3 rings (SSSR count). The van der Waals surface area contributed by atoms with Crippen LogP contribution < -0.4 is 16.4 Å². The molecule has 1 saturated heterocycles. The van der Waals surface area contributed by atoms with Crippen molar-refractivity contribution in [3.05, 3.63) is 4.88 Å². The van der Waals surface area contributed by atoms with Gasteiger partial charge in [0, 0.05) is 18.6 Å². The first-order chi connectivity index (χ1) is 9.63. The number of nitrogens with zero attached hydrogens (tertiary/aromatic N) is 2. The van der Waals surface area contributed by atoms with Crippen LogP contribution in [0.4, 0.5) is 10.9 Å². The number of amides is 1. The van der Waals surface area contributed by atoms with Gasteiger partial charge in [0.1, 0.15) is 10.7 Å². The summed E-state index contributed by atoms with van der Waals surface area (Å²) in [5.41, 5.74) is 5.84. The number of nitrogens with one attached hydrogen (secondary N) is 2. The molecule has 1 aliphatic carbocycles. The maximum absolute atomic E-state index is 12.2. The van der Waals surface area contributed by atoms with E-state index in [1.165, 1.54) is 30.6 Å². The van der Waals surface area contributed by atoms with Crippen molar-refractivity contribution in [2.75, 3.05) is 31.2 Å². The fourth-order valence-electron chi connectivity index (χ4n) is 2.49. The lowest BCUT2D eigenvalue weighted by atomic mass is 10.2. The minimum absolute atomic E-state index is 0.107. The molecule has 2 aliphatic rings. The van der Waals surface area contributed by atoms with Gasteiger partial charge in [0.25, 0.3) is 5.91 Å². The number of hydrogen-bond acceptors (Lipinski definition) is 6. The number of carbonyl (C=O) groups is 1. The Bertz CT molecular complexity index is 499. The molecule has 0 radical (unpaired) electrons. The van der Waals surface area contributed by atoms with Crippen molar-refractivity contribution >= 4 is 28.2 Å². The number of nitrogens with two attached hydrogens (primary N) is 1. The van der Waals surface area contributed by atoms with E-state index in [1.54, 1.807) is 0 Å². The zero-order chi connectivity index (χ0) is 14.1. The number of anilines is 2. The van der Waals surface area contributed by atoms with Crippen molar-refractivity contribution < 1.29 is 4.79 Å². The van der Waals surface area contributed by atoms with Gasteiger partial charge < -0.3 is 21.3 Å². The Morgan fingerprint density at radius 2 is 2.30 bits per heavy atom. The molecule has 6 nitrogen and oxygen atoms in total. The number of hydrogen-bond donors (Lipinski definition) is 3. The first-order valence-electron chi connectivity index (χ1n) is 7.15. The first-order valence-corrected chi connectivity index (χ1v) is 7.96. The number of carbonyl (C=O) groups excluding carboxylic acids is 1. The van der Waals surface area contributed by atoms with Crippen molar-refractivity contribution in [2.45, 2.75) is 37.8 Å². The average molecular weight is 295 g/mol. The first kappa shape index (κ1) is 13.6. The van der Waals surface area contributed by atoms with E-state index in [1.807, 2.05) is 0 Å². The summed E-state index contributed by atoms with van der Waals surface area (Å²) in [5.74, 6) is 0.222. The number of nitrogen functional groups attached to an aromatic ring is 1. The molecule has 20 heavy (non-hydrogen) atoms. The molecule has 1 aliphatic heterocycles. The highest BCUT2D eigenvalue weighted by molar-refractivity contribution is 7.18. The molecule has 1 aromatic rings. The zero-order valence-electron chi connectivity index (χ0n) is 11.7. The molecule has 4 N–H and O–H groups in total. The normalized spacial score (nSPS) is 22.9. The third kappa shape index (κ3) is 3.04. The second-order valence-corrected chi connectivity index (χ2v) is 6.64. The maximum Gasteiger partial charge on any atom is 0.265 e. The lowest BCUT2D eigenvalue weighted by Gasteiger charge is -2.19. The predicted molar refractivity (Wildman–Crippen MR) is 81.2 cm³/mol. The Morgan fingerprint density at radius 1 is 1.50 bits per heavy atom. The predicted octanol–water partition coefficient (Wildman–Crippen LogP) is 1.12. The summed E-state index contributed by atoms with van der Waals surface area (Å²) in [5, 5.41) is 7.01. The van der Waals surface area contributed by atoms with Crippen molar-refractivity contribution in [1.29, 1.82) is 0 Å². The highest BCUT2D eigenvalue weighted by atomic mass is 32.1. The van der Waals surface area contributed by atoms with Gasteiger partial charge in [-0.15, -0.1) is 0 Å². The van der Waals surface area contributed by atoms with Crippen LogP contribution in [-0.2, 0) is 0 Å². The van der Waals surface area contributed by atoms with Gasteiger partial charge in [-0.2, -0.15) is 0 Å². The van der Waals surface area contributed by atoms with Crippen molar-refractivity contribution in [3.8, 4) is 0 Å². The molecule has 0 aromatic carbocycles. The molecular weight excluding hydrogens is 274 g/mol. The van der Waals surface area contributed by atoms with Gasteiger partial charge in [-0.3, -0.25) is 4.79 Å². The highest BCUT2D eigenvalue weighted by Gasteiger charge is 2.25. The lowest BCUT2D eigenvalue weighted by molar-refractivity contribution is 0.0948. The van der Waals surface area contributed by atoms with Crippen LogP contribution in [0.15, 0.2) is 0 Å². The van der Waals surface area contributed by atoms with Crippen LogP contribution in [0.3, 0.4) is 0 Å². The van der Waals surface area contributed by atoms with Crippen LogP contribution in [0.25, 0.3) is 0 Å². The second-order valence-electron chi connectivity index (χ2n) is 5.64. The lowest BCUT2D eigenvalue weighted by Crippen LogP contribution is -2.38. The molecule has 0 spiro atoms. The van der Waals surface area contributed by atoms with Gasteiger partial charge in [-0.25, -0.2) is 4.98 Å². The molecule has 1 amide bonds. The van der Waals surface area contributed by atoms with E-state index < -0.39 is 0 Å². The molecule has 7 heteroatoms. The summed E-state index contributed by atoms with van der Waals surface area (Å²) in [6.07, 6.45) is 4.70. The Hall–Kier alpha value is -1.34. The standard InChI is InChI=1S/C13H21N5OS/c1-18-6-2-3-9(18)7-15-12(19)10-11(14)17-13(20-10)16-8-4-5-8/h8-9H,2-7,14H2,1H3,(H,15,19)(H,16,17). The van der Waals surface area contributed by atoms with E-state index in [2.05, 4.69) is 27.6 Å². The summed E-state index contributed by atoms with van der Waals surface area (Å²) in [6.45, 7) is 1.79. The molecule has 1 unspecified atom stereocenters. The highest BCUT2D eigenvalue weighted by Crippen LogP contribution is 2.30. The molecule has 1 saturated carbocycles. The third-order valence-corrected chi connectivity index (χ3v) is 4.94. The molecule has 1 atom stereocenters. The van der Waals surface area contributed by atoms with Crippen molar-refractivity contribution in [1.82, 2.24) is 15.2 Å². The third-order valence-electron chi connectivity index (χ3n) is 3.93. The smallest absolute Gasteiger partial charge is 0.265 e. The van der Waals surface area contributed by atoms with Crippen LogP contribution in [0, 0.1) is 0 Å². The fourth-order valence-corrected chi connectivity index (χ4v) is 3.36. The number of aromatic nitrogens is 1. The summed E-state index contributed by atoms with van der Waals surface area (Å²) < 4.78 is 0. The van der Waals surface area contributed by atoms with Gasteiger partial charge >= 0.3 is 0 Å². The Kier molecular flexibility index (Phi) is 3.80. The SMILES string of the molecule is CN1CCCC1CNC(=O)c1sc(NC2CC2)nc1N. The van der Waals surface area contributed by atoms with E-state index in [4.69, 9.17) is 5.73 Å². The molecule has 0 bridgehead atoms. The fraction of sp³-hybridized carbons (Fsp3) is 0.692. The minimum Gasteiger partial charge on any atom is -0.382 e. The van der Waals surface area contributed by atoms with Crippen molar-refractivity contribution in [2.24, 2.45) is 0 Å². The van der Waals surface area contributed by atoms with Gasteiger partial charge in [0.2, 0.25) is 0 Å². The summed E-state index contributed by atoms with van der Waals surface area (Å²) in [4.78, 5) is 19.2. The number of likely N-dealkylation sites (tertiary alicyclic amines) is 1. The molecular formula is C13H21N5OS. The summed E-state index contributed by atoms with van der Waals surface area (Å²) in [7, 11) is 2.10. The van der Waals surface area contributed by atoms with E-state index in [-0.39, 0.29) is 5.91 Å². The van der Waals surface area contributed by atoms with E-state index in [0.29, 0.717) is 29.3 Å². The van der Waals surface area contributed by atoms with Gasteiger partial charge in [0.15, 0.2) is 5.13 Å². The quantitative estimate of drug-likeness (QED) is 0.758. The number of thiazole rings is 1. The van der Waals surface area contributed by atoms with Crippen LogP contribution in [0.5, 0.6) is 0 Å². The van der Waals surface area contributed by atoms with Gasteiger partial charge in [-0.05, 0) is 39.3 Å². The summed E-state index contributed by atoms with van der Waals surface area (Å²) in [6, 6.07) is 0.959. The van der Waals surface area contributed by atoms with E-state index >= 15 is 0 Å². The molecule has 1 aromatic heterocycles. The van der Waals surface area contributed by atoms with Crippen molar-refractivity contribution in [3.63, 3.8) is 0 Å². The van der Waals surface area contributed by atoms with E-state index in [9.17, 15) is 4.79 Å². The molecule has 2 fully saturated rings. The summed E-state index contributed by atoms with van der Waals surface area (Å²) >= 11 is 1.35. The number of rotatable bonds is 5. The monoisotopic (exact) mass is 295 g/mol. The average Bonchev–Trinajstić information content (AvgIpc) is 3.01. The topological polar surface area (TPSA) is 83.3 Å². The maximum atomic E-state index is 12.2. The van der Waals surface area contributed by atoms with Gasteiger partial charge in [-0.1, -0.05) is 11.3 Å². The number of likely N-dealkylation sites (N-methyl/N-ethyl adjacent to an activating group) is 1. The van der Waals surface area contributed by atoms with Gasteiger partial charge in [0.05, 0.1) is 0 Å². The minimum atomic E-state index is -0.107. The van der Waals surface area contributed by atoms with E-state index in [0.717, 1.165) is 18.1 Å². The van der Waals surface area contributed by atoms with Crippen LogP contribution in [0.1, 0.15) is 35.4 Å². The largest absolute Gasteiger partial charge is 0.382 e. The molecule has 110 valence electrons.